The van der Waals surface area contributed by atoms with Crippen LogP contribution in [0.15, 0.2) is 18.5 Å². The molecule has 0 bridgehead atoms. The minimum absolute atomic E-state index is 0.0847. The van der Waals surface area contributed by atoms with Crippen LogP contribution in [0.3, 0.4) is 0 Å². The smallest absolute Gasteiger partial charge is 0.167 e. The van der Waals surface area contributed by atoms with Crippen LogP contribution in [0.25, 0.3) is 10.9 Å². The highest BCUT2D eigenvalue weighted by Crippen LogP contribution is 2.29. The van der Waals surface area contributed by atoms with Crippen LogP contribution in [0.2, 0.25) is 0 Å². The van der Waals surface area contributed by atoms with Crippen LogP contribution < -0.4 is 10.1 Å². The molecule has 1 N–H and O–H groups in total. The molecule has 0 aliphatic heterocycles. The molecule has 1 unspecified atom stereocenters. The van der Waals surface area contributed by atoms with E-state index in [4.69, 9.17) is 4.74 Å². The van der Waals surface area contributed by atoms with E-state index in [1.807, 2.05) is 0 Å². The van der Waals surface area contributed by atoms with Crippen molar-refractivity contribution in [2.75, 3.05) is 12.4 Å². The summed E-state index contributed by atoms with van der Waals surface area (Å²) in [6.45, 7) is 8.53. The Kier molecular flexibility index (Phi) is 3.79. The van der Waals surface area contributed by atoms with E-state index in [1.165, 1.54) is 19.5 Å². The second-order valence-corrected chi connectivity index (χ2v) is 5.96. The number of halogens is 1. The summed E-state index contributed by atoms with van der Waals surface area (Å²) in [6, 6.07) is 3.20. The summed E-state index contributed by atoms with van der Waals surface area (Å²) >= 11 is 0. The van der Waals surface area contributed by atoms with Crippen LogP contribution in [0, 0.1) is 11.2 Å². The van der Waals surface area contributed by atoms with Gasteiger partial charge < -0.3 is 10.1 Å². The Labute approximate surface area is 118 Å². The molecule has 108 valence electrons. The summed E-state index contributed by atoms with van der Waals surface area (Å²) < 4.78 is 18.7. The maximum absolute atomic E-state index is 13.7. The molecular weight excluding hydrogens is 257 g/mol. The molecule has 0 amide bonds. The maximum atomic E-state index is 13.7. The van der Waals surface area contributed by atoms with Crippen LogP contribution in [-0.2, 0) is 0 Å². The molecular formula is C15H20FN3O. The number of anilines is 1. The average Bonchev–Trinajstić information content (AvgIpc) is 2.37. The lowest BCUT2D eigenvalue weighted by Crippen LogP contribution is -2.31. The lowest BCUT2D eigenvalue weighted by Gasteiger charge is -2.28. The predicted molar refractivity (Wildman–Crippen MR) is 78.6 cm³/mol. The molecule has 0 aliphatic carbocycles. The third-order valence-corrected chi connectivity index (χ3v) is 3.56. The molecule has 4 nitrogen and oxygen atoms in total. The number of nitrogens with zero attached hydrogens (tertiary/aromatic N) is 2. The Balaban J connectivity index is 2.48. The molecule has 0 saturated heterocycles. The van der Waals surface area contributed by atoms with Gasteiger partial charge in [0.25, 0.3) is 0 Å². The zero-order chi connectivity index (χ0) is 14.9. The zero-order valence-corrected chi connectivity index (χ0v) is 12.5. The van der Waals surface area contributed by atoms with Crippen LogP contribution in [0.4, 0.5) is 10.2 Å². The van der Waals surface area contributed by atoms with Crippen molar-refractivity contribution in [2.45, 2.75) is 33.7 Å². The first-order chi connectivity index (χ1) is 9.32. The number of ether oxygens (including phenoxy) is 1. The van der Waals surface area contributed by atoms with Crippen LogP contribution in [0.5, 0.6) is 5.75 Å². The molecule has 0 radical (unpaired) electrons. The molecule has 0 fully saturated rings. The monoisotopic (exact) mass is 277 g/mol. The number of methoxy groups -OCH3 is 1. The standard InChI is InChI=1S/C15H20FN3O/c1-9(15(2,3)4)19-14-10-6-13(20-5)11(16)7-12(10)17-8-18-14/h6-9H,1-5H3,(H,17,18,19). The first-order valence-electron chi connectivity index (χ1n) is 6.57. The van der Waals surface area contributed by atoms with Gasteiger partial charge in [0, 0.05) is 17.5 Å². The van der Waals surface area contributed by atoms with Crippen molar-refractivity contribution in [2.24, 2.45) is 5.41 Å². The zero-order valence-electron chi connectivity index (χ0n) is 12.5. The van der Waals surface area contributed by atoms with Crippen molar-refractivity contribution < 1.29 is 9.13 Å². The minimum Gasteiger partial charge on any atom is -0.494 e. The van der Waals surface area contributed by atoms with E-state index in [1.54, 1.807) is 6.07 Å². The number of hydrogen-bond donors (Lipinski definition) is 1. The second-order valence-electron chi connectivity index (χ2n) is 5.96. The van der Waals surface area contributed by atoms with Gasteiger partial charge in [-0.05, 0) is 18.4 Å². The highest BCUT2D eigenvalue weighted by molar-refractivity contribution is 5.90. The molecule has 1 heterocycles. The number of hydrogen-bond acceptors (Lipinski definition) is 4. The van der Waals surface area contributed by atoms with Gasteiger partial charge in [-0.1, -0.05) is 20.8 Å². The van der Waals surface area contributed by atoms with Gasteiger partial charge in [-0.25, -0.2) is 14.4 Å². The SMILES string of the molecule is COc1cc2c(NC(C)C(C)(C)C)ncnc2cc1F. The Bertz CT molecular complexity index is 622. The van der Waals surface area contributed by atoms with Crippen molar-refractivity contribution >= 4 is 16.7 Å². The van der Waals surface area contributed by atoms with Crippen LogP contribution in [-0.4, -0.2) is 23.1 Å². The molecule has 2 rings (SSSR count). The molecule has 0 spiro atoms. The van der Waals surface area contributed by atoms with Gasteiger partial charge in [0.1, 0.15) is 12.1 Å². The molecule has 2 aromatic rings. The van der Waals surface area contributed by atoms with E-state index in [0.29, 0.717) is 11.3 Å². The average molecular weight is 277 g/mol. The number of benzene rings is 1. The van der Waals surface area contributed by atoms with Gasteiger partial charge in [-0.3, -0.25) is 0 Å². The molecule has 0 saturated carbocycles. The Morgan fingerprint density at radius 2 is 1.95 bits per heavy atom. The first kappa shape index (κ1) is 14.5. The van der Waals surface area contributed by atoms with Crippen molar-refractivity contribution in [1.82, 2.24) is 9.97 Å². The van der Waals surface area contributed by atoms with Crippen molar-refractivity contribution in [3.05, 3.63) is 24.3 Å². The number of nitrogens with one attached hydrogen (secondary N) is 1. The third-order valence-electron chi connectivity index (χ3n) is 3.56. The van der Waals surface area contributed by atoms with Gasteiger partial charge in [0.15, 0.2) is 11.6 Å². The van der Waals surface area contributed by atoms with Gasteiger partial charge in [0.05, 0.1) is 12.6 Å². The number of aromatic nitrogens is 2. The van der Waals surface area contributed by atoms with Crippen molar-refractivity contribution in [3.8, 4) is 5.75 Å². The fraction of sp³-hybridized carbons (Fsp3) is 0.467. The molecule has 0 aliphatic rings. The molecule has 1 aromatic heterocycles. The van der Waals surface area contributed by atoms with Gasteiger partial charge in [0.2, 0.25) is 0 Å². The minimum atomic E-state index is -0.423. The van der Waals surface area contributed by atoms with Crippen molar-refractivity contribution in [3.63, 3.8) is 0 Å². The van der Waals surface area contributed by atoms with E-state index in [9.17, 15) is 4.39 Å². The summed E-state index contributed by atoms with van der Waals surface area (Å²) in [6.07, 6.45) is 1.44. The Morgan fingerprint density at radius 1 is 1.25 bits per heavy atom. The maximum Gasteiger partial charge on any atom is 0.167 e. The third kappa shape index (κ3) is 2.81. The topological polar surface area (TPSA) is 47.0 Å². The van der Waals surface area contributed by atoms with Crippen LogP contribution >= 0.6 is 0 Å². The number of rotatable bonds is 3. The lowest BCUT2D eigenvalue weighted by molar-refractivity contribution is 0.359. The molecule has 20 heavy (non-hydrogen) atoms. The quantitative estimate of drug-likeness (QED) is 0.930. The highest BCUT2D eigenvalue weighted by atomic mass is 19.1. The van der Waals surface area contributed by atoms with Gasteiger partial charge in [-0.15, -0.1) is 0 Å². The molecule has 1 aromatic carbocycles. The van der Waals surface area contributed by atoms with Gasteiger partial charge >= 0.3 is 0 Å². The second kappa shape index (κ2) is 5.23. The first-order valence-corrected chi connectivity index (χ1v) is 6.57. The van der Waals surface area contributed by atoms with E-state index in [-0.39, 0.29) is 17.2 Å². The van der Waals surface area contributed by atoms with Gasteiger partial charge in [-0.2, -0.15) is 0 Å². The summed E-state index contributed by atoms with van der Waals surface area (Å²) in [7, 11) is 1.44. The summed E-state index contributed by atoms with van der Waals surface area (Å²) in [5, 5.41) is 4.12. The van der Waals surface area contributed by atoms with E-state index in [0.717, 1.165) is 5.39 Å². The van der Waals surface area contributed by atoms with E-state index >= 15 is 0 Å². The summed E-state index contributed by atoms with van der Waals surface area (Å²) in [4.78, 5) is 8.37. The largest absolute Gasteiger partial charge is 0.494 e. The van der Waals surface area contributed by atoms with Crippen LogP contribution in [0.1, 0.15) is 27.7 Å². The molecule has 5 heteroatoms. The lowest BCUT2D eigenvalue weighted by atomic mass is 9.88. The number of fused-ring (bicyclic) bond motifs is 1. The fourth-order valence-corrected chi connectivity index (χ4v) is 1.75. The fourth-order valence-electron chi connectivity index (χ4n) is 1.75. The highest BCUT2D eigenvalue weighted by Gasteiger charge is 2.21. The summed E-state index contributed by atoms with van der Waals surface area (Å²) in [5.74, 6) is 0.461. The predicted octanol–water partition coefficient (Wildman–Crippen LogP) is 3.62. The van der Waals surface area contributed by atoms with E-state index in [2.05, 4.69) is 43.0 Å². The van der Waals surface area contributed by atoms with Crippen molar-refractivity contribution in [1.29, 1.82) is 0 Å². The molecule has 1 atom stereocenters. The Morgan fingerprint density at radius 3 is 2.55 bits per heavy atom. The summed E-state index contributed by atoms with van der Waals surface area (Å²) in [5.41, 5.74) is 0.642. The van der Waals surface area contributed by atoms with E-state index < -0.39 is 5.82 Å². The normalized spacial score (nSPS) is 13.3. The Hall–Kier alpha value is -1.91.